The van der Waals surface area contributed by atoms with Crippen molar-refractivity contribution in [2.45, 2.75) is 11.3 Å². The summed E-state index contributed by atoms with van der Waals surface area (Å²) in [6.07, 6.45) is 1.12. The molecule has 1 heterocycles. The molecular weight excluding hydrogens is 172 g/mol. The molecule has 0 saturated carbocycles. The molecule has 0 amide bonds. The first-order valence-corrected chi connectivity index (χ1v) is 5.17. The number of nitrogens with zero attached hydrogens (tertiary/aromatic N) is 2. The Hall–Kier alpha value is -0.490. The van der Waals surface area contributed by atoms with E-state index in [0.717, 1.165) is 17.8 Å². The van der Waals surface area contributed by atoms with Crippen LogP contribution in [0.5, 0.6) is 0 Å². The standard InChI is InChI=1S/C4H6N2O2S2/c1-3-5-4(9-6-3)10(2,7)8/h1-2H3. The van der Waals surface area contributed by atoms with E-state index in [9.17, 15) is 8.42 Å². The van der Waals surface area contributed by atoms with Crippen molar-refractivity contribution >= 4 is 21.4 Å². The maximum Gasteiger partial charge on any atom is 0.228 e. The first-order valence-electron chi connectivity index (χ1n) is 2.50. The number of aromatic nitrogens is 2. The average molecular weight is 178 g/mol. The fraction of sp³-hybridized carbons (Fsp3) is 0.500. The van der Waals surface area contributed by atoms with Crippen molar-refractivity contribution in [1.82, 2.24) is 9.36 Å². The van der Waals surface area contributed by atoms with Crippen molar-refractivity contribution in [3.05, 3.63) is 5.82 Å². The molecule has 10 heavy (non-hydrogen) atoms. The molecule has 1 aromatic rings. The van der Waals surface area contributed by atoms with Gasteiger partial charge in [-0.1, -0.05) is 0 Å². The molecule has 1 rings (SSSR count). The SMILES string of the molecule is Cc1nsc(S(C)(=O)=O)n1. The topological polar surface area (TPSA) is 59.9 Å². The molecule has 6 heteroatoms. The third-order valence-corrected chi connectivity index (χ3v) is 3.29. The summed E-state index contributed by atoms with van der Waals surface area (Å²) in [6.45, 7) is 1.66. The molecule has 0 saturated heterocycles. The molecule has 0 aromatic carbocycles. The van der Waals surface area contributed by atoms with E-state index in [4.69, 9.17) is 0 Å². The first kappa shape index (κ1) is 7.62. The number of sulfone groups is 1. The van der Waals surface area contributed by atoms with Gasteiger partial charge >= 0.3 is 0 Å². The minimum Gasteiger partial charge on any atom is -0.221 e. The molecule has 0 unspecified atom stereocenters. The van der Waals surface area contributed by atoms with Crippen molar-refractivity contribution in [3.63, 3.8) is 0 Å². The second-order valence-electron chi connectivity index (χ2n) is 1.88. The van der Waals surface area contributed by atoms with E-state index in [2.05, 4.69) is 9.36 Å². The van der Waals surface area contributed by atoms with Crippen LogP contribution in [-0.2, 0) is 9.84 Å². The molecular formula is C4H6N2O2S2. The van der Waals surface area contributed by atoms with Gasteiger partial charge in [-0.2, -0.15) is 4.37 Å². The van der Waals surface area contributed by atoms with Gasteiger partial charge in [0.05, 0.1) is 0 Å². The molecule has 0 aliphatic rings. The second-order valence-corrected chi connectivity index (χ2v) is 4.82. The number of hydrogen-bond acceptors (Lipinski definition) is 5. The number of hydrogen-bond donors (Lipinski definition) is 0. The van der Waals surface area contributed by atoms with Gasteiger partial charge in [-0.05, 0) is 18.5 Å². The van der Waals surface area contributed by atoms with Gasteiger partial charge < -0.3 is 0 Å². The minimum atomic E-state index is -3.14. The summed E-state index contributed by atoms with van der Waals surface area (Å²) in [6, 6.07) is 0. The third-order valence-electron chi connectivity index (χ3n) is 0.826. The van der Waals surface area contributed by atoms with E-state index < -0.39 is 9.84 Å². The van der Waals surface area contributed by atoms with E-state index >= 15 is 0 Å². The molecule has 4 nitrogen and oxygen atoms in total. The lowest BCUT2D eigenvalue weighted by Crippen LogP contribution is -1.95. The monoisotopic (exact) mass is 178 g/mol. The normalized spacial score (nSPS) is 11.8. The predicted octanol–water partition coefficient (Wildman–Crippen LogP) is 0.250. The highest BCUT2D eigenvalue weighted by molar-refractivity contribution is 7.92. The zero-order chi connectivity index (χ0) is 7.78. The van der Waals surface area contributed by atoms with Crippen LogP contribution in [0.3, 0.4) is 0 Å². The summed E-state index contributed by atoms with van der Waals surface area (Å²) in [5.74, 6) is 0.505. The lowest BCUT2D eigenvalue weighted by molar-refractivity contribution is 0.601. The van der Waals surface area contributed by atoms with Crippen molar-refractivity contribution in [2.75, 3.05) is 6.26 Å². The van der Waals surface area contributed by atoms with Crippen LogP contribution in [0, 0.1) is 6.92 Å². The Morgan fingerprint density at radius 2 is 2.10 bits per heavy atom. The Balaban J connectivity index is 3.21. The quantitative estimate of drug-likeness (QED) is 0.618. The molecule has 0 atom stereocenters. The highest BCUT2D eigenvalue weighted by Crippen LogP contribution is 2.09. The van der Waals surface area contributed by atoms with E-state index in [1.165, 1.54) is 0 Å². The molecule has 0 fully saturated rings. The average Bonchev–Trinajstić information content (AvgIpc) is 2.11. The molecule has 0 spiro atoms. The maximum atomic E-state index is 10.8. The van der Waals surface area contributed by atoms with Crippen LogP contribution in [0.1, 0.15) is 5.82 Å². The lowest BCUT2D eigenvalue weighted by atomic mass is 10.8. The van der Waals surface area contributed by atoms with Gasteiger partial charge in [0.2, 0.25) is 14.2 Å². The Kier molecular flexibility index (Phi) is 1.74. The van der Waals surface area contributed by atoms with Crippen molar-refractivity contribution in [3.8, 4) is 0 Å². The van der Waals surface area contributed by atoms with Crippen LogP contribution >= 0.6 is 11.5 Å². The summed E-state index contributed by atoms with van der Waals surface area (Å²) >= 11 is 0.907. The Labute approximate surface area is 63.0 Å². The van der Waals surface area contributed by atoms with Crippen LogP contribution in [0.2, 0.25) is 0 Å². The van der Waals surface area contributed by atoms with Gasteiger partial charge in [0, 0.05) is 6.26 Å². The van der Waals surface area contributed by atoms with E-state index in [1.807, 2.05) is 0 Å². The largest absolute Gasteiger partial charge is 0.228 e. The van der Waals surface area contributed by atoms with E-state index in [-0.39, 0.29) is 4.34 Å². The van der Waals surface area contributed by atoms with Gasteiger partial charge in [0.25, 0.3) is 0 Å². The van der Waals surface area contributed by atoms with Gasteiger partial charge in [-0.25, -0.2) is 13.4 Å². The van der Waals surface area contributed by atoms with Crippen LogP contribution < -0.4 is 0 Å². The Bertz CT molecular complexity index is 327. The van der Waals surface area contributed by atoms with E-state index in [1.54, 1.807) is 6.92 Å². The fourth-order valence-electron chi connectivity index (χ4n) is 0.429. The zero-order valence-electron chi connectivity index (χ0n) is 5.53. The Morgan fingerprint density at radius 3 is 2.30 bits per heavy atom. The molecule has 0 aliphatic heterocycles. The molecule has 0 aliphatic carbocycles. The van der Waals surface area contributed by atoms with Gasteiger partial charge in [0.1, 0.15) is 5.82 Å². The summed E-state index contributed by atoms with van der Waals surface area (Å²) in [4.78, 5) is 3.70. The molecule has 0 N–H and O–H groups in total. The van der Waals surface area contributed by atoms with Crippen LogP contribution in [0.25, 0.3) is 0 Å². The van der Waals surface area contributed by atoms with Gasteiger partial charge in [0.15, 0.2) is 0 Å². The van der Waals surface area contributed by atoms with Crippen LogP contribution in [0.15, 0.2) is 4.34 Å². The summed E-state index contributed by atoms with van der Waals surface area (Å²) in [5.41, 5.74) is 0. The maximum absolute atomic E-state index is 10.8. The molecule has 0 radical (unpaired) electrons. The van der Waals surface area contributed by atoms with Gasteiger partial charge in [-0.15, -0.1) is 0 Å². The van der Waals surface area contributed by atoms with Crippen molar-refractivity contribution < 1.29 is 8.42 Å². The van der Waals surface area contributed by atoms with Crippen molar-refractivity contribution in [1.29, 1.82) is 0 Å². The van der Waals surface area contributed by atoms with Crippen molar-refractivity contribution in [2.24, 2.45) is 0 Å². The first-order chi connectivity index (χ1) is 4.50. The highest BCUT2D eigenvalue weighted by Gasteiger charge is 2.11. The summed E-state index contributed by atoms with van der Waals surface area (Å²) in [5, 5.41) is 0. The van der Waals surface area contributed by atoms with Crippen LogP contribution in [0.4, 0.5) is 0 Å². The molecule has 1 aromatic heterocycles. The second kappa shape index (κ2) is 2.28. The highest BCUT2D eigenvalue weighted by atomic mass is 32.2. The summed E-state index contributed by atoms with van der Waals surface area (Å²) in [7, 11) is -3.14. The smallest absolute Gasteiger partial charge is 0.221 e. The number of rotatable bonds is 1. The predicted molar refractivity (Wildman–Crippen MR) is 37.8 cm³/mol. The number of aryl methyl sites for hydroxylation is 1. The van der Waals surface area contributed by atoms with E-state index in [0.29, 0.717) is 5.82 Å². The minimum absolute atomic E-state index is 0.0880. The molecule has 0 bridgehead atoms. The van der Waals surface area contributed by atoms with Gasteiger partial charge in [-0.3, -0.25) is 0 Å². The Morgan fingerprint density at radius 1 is 1.50 bits per heavy atom. The third kappa shape index (κ3) is 1.51. The fourth-order valence-corrected chi connectivity index (χ4v) is 1.80. The summed E-state index contributed by atoms with van der Waals surface area (Å²) < 4.78 is 25.3. The lowest BCUT2D eigenvalue weighted by Gasteiger charge is -1.83. The zero-order valence-corrected chi connectivity index (χ0v) is 7.16. The van der Waals surface area contributed by atoms with Crippen LogP contribution in [-0.4, -0.2) is 24.0 Å². The molecule has 56 valence electrons.